The predicted octanol–water partition coefficient (Wildman–Crippen LogP) is 3.97. The molecule has 0 N–H and O–H groups in total. The third-order valence-electron chi connectivity index (χ3n) is 1.69. The Hall–Kier alpha value is -0.730. The fourth-order valence-corrected chi connectivity index (χ4v) is 2.18. The molecule has 0 atom stereocenters. The Kier molecular flexibility index (Phi) is 4.92. The van der Waals surface area contributed by atoms with Gasteiger partial charge in [-0.2, -0.15) is 0 Å². The van der Waals surface area contributed by atoms with Crippen LogP contribution < -0.4 is 0 Å². The molecule has 1 aromatic carbocycles. The summed E-state index contributed by atoms with van der Waals surface area (Å²) in [7, 11) is 0. The van der Waals surface area contributed by atoms with Crippen molar-refractivity contribution in [2.75, 3.05) is 5.75 Å². The second-order valence-corrected chi connectivity index (χ2v) is 4.90. The zero-order chi connectivity index (χ0) is 11.3. The molecule has 0 fully saturated rings. The van der Waals surface area contributed by atoms with E-state index in [1.165, 1.54) is 11.8 Å². The monoisotopic (exact) mass is 240 g/mol. The number of allylic oxidation sites excluding steroid dienone is 1. The van der Waals surface area contributed by atoms with Crippen LogP contribution in [0, 0.1) is 0 Å². The highest BCUT2D eigenvalue weighted by Gasteiger charge is 2.03. The molecule has 0 heterocycles. The molecule has 1 nitrogen and oxygen atoms in total. The van der Waals surface area contributed by atoms with Crippen molar-refractivity contribution in [3.8, 4) is 0 Å². The van der Waals surface area contributed by atoms with Crippen LogP contribution in [0.1, 0.15) is 13.3 Å². The molecule has 3 heteroatoms. The largest absolute Gasteiger partial charge is 0.298 e. The van der Waals surface area contributed by atoms with E-state index < -0.39 is 0 Å². The predicted molar refractivity (Wildman–Crippen MR) is 66.6 cm³/mol. The lowest BCUT2D eigenvalue weighted by Gasteiger charge is -2.01. The van der Waals surface area contributed by atoms with Crippen LogP contribution in [0.4, 0.5) is 0 Å². The van der Waals surface area contributed by atoms with Crippen LogP contribution in [-0.4, -0.2) is 11.5 Å². The molecule has 0 spiro atoms. The Morgan fingerprint density at radius 3 is 2.87 bits per heavy atom. The summed E-state index contributed by atoms with van der Waals surface area (Å²) in [6.45, 7) is 5.58. The van der Waals surface area contributed by atoms with Crippen LogP contribution in [0.25, 0.3) is 0 Å². The molecule has 1 aromatic rings. The summed E-state index contributed by atoms with van der Waals surface area (Å²) in [5.74, 6) is 0.681. The summed E-state index contributed by atoms with van der Waals surface area (Å²) in [5.41, 5.74) is 0.909. The number of halogens is 1. The topological polar surface area (TPSA) is 17.1 Å². The second-order valence-electron chi connectivity index (χ2n) is 3.42. The Morgan fingerprint density at radius 1 is 1.53 bits per heavy atom. The van der Waals surface area contributed by atoms with E-state index in [4.69, 9.17) is 11.6 Å². The highest BCUT2D eigenvalue weighted by atomic mass is 35.5. The minimum absolute atomic E-state index is 0.201. The summed E-state index contributed by atoms with van der Waals surface area (Å²) in [4.78, 5) is 12.4. The van der Waals surface area contributed by atoms with Gasteiger partial charge in [-0.1, -0.05) is 29.8 Å². The second kappa shape index (κ2) is 5.99. The smallest absolute Gasteiger partial charge is 0.147 e. The number of rotatable bonds is 5. The van der Waals surface area contributed by atoms with E-state index in [9.17, 15) is 4.79 Å². The fourth-order valence-electron chi connectivity index (χ4n) is 1.11. The van der Waals surface area contributed by atoms with Crippen LogP contribution in [0.5, 0.6) is 0 Å². The molecule has 0 saturated heterocycles. The van der Waals surface area contributed by atoms with Crippen LogP contribution in [0.3, 0.4) is 0 Å². The third-order valence-corrected chi connectivity index (χ3v) is 2.98. The molecule has 0 unspecified atom stereocenters. The number of Topliss-reactive ketones (excluding diaryl/α,β-unsaturated/α-hetero) is 1. The average Bonchev–Trinajstić information content (AvgIpc) is 2.14. The minimum atomic E-state index is 0.201. The van der Waals surface area contributed by atoms with Gasteiger partial charge < -0.3 is 0 Å². The van der Waals surface area contributed by atoms with Gasteiger partial charge in [-0.05, 0) is 25.1 Å². The minimum Gasteiger partial charge on any atom is -0.298 e. The van der Waals surface area contributed by atoms with Crippen LogP contribution in [0.15, 0.2) is 41.3 Å². The average molecular weight is 241 g/mol. The Morgan fingerprint density at radius 2 is 2.27 bits per heavy atom. The summed E-state index contributed by atoms with van der Waals surface area (Å²) in [6, 6.07) is 7.51. The molecule has 15 heavy (non-hydrogen) atoms. The maximum absolute atomic E-state index is 11.4. The van der Waals surface area contributed by atoms with Crippen LogP contribution in [0.2, 0.25) is 5.02 Å². The number of carbonyl (C=O) groups excluding carboxylic acids is 1. The SMILES string of the molecule is C=C(C)CC(=O)CSc1cccc(Cl)c1. The quantitative estimate of drug-likeness (QED) is 0.572. The zero-order valence-electron chi connectivity index (χ0n) is 8.63. The highest BCUT2D eigenvalue weighted by molar-refractivity contribution is 8.00. The van der Waals surface area contributed by atoms with Crippen molar-refractivity contribution in [3.05, 3.63) is 41.4 Å². The third kappa shape index (κ3) is 5.05. The number of thioether (sulfide) groups is 1. The van der Waals surface area contributed by atoms with Gasteiger partial charge in [0, 0.05) is 16.3 Å². The first-order valence-corrected chi connectivity index (χ1v) is 5.99. The first-order chi connectivity index (χ1) is 7.08. The molecule has 0 aliphatic heterocycles. The van der Waals surface area contributed by atoms with Crippen molar-refractivity contribution in [2.24, 2.45) is 0 Å². The van der Waals surface area contributed by atoms with Gasteiger partial charge in [0.1, 0.15) is 5.78 Å². The number of carbonyl (C=O) groups is 1. The molecule has 0 aliphatic rings. The number of hydrogen-bond acceptors (Lipinski definition) is 2. The molecule has 0 bridgehead atoms. The van der Waals surface area contributed by atoms with Gasteiger partial charge in [0.05, 0.1) is 5.75 Å². The first-order valence-electron chi connectivity index (χ1n) is 4.62. The number of hydrogen-bond donors (Lipinski definition) is 0. The van der Waals surface area contributed by atoms with Gasteiger partial charge in [0.2, 0.25) is 0 Å². The Balaban J connectivity index is 2.43. The molecule has 0 amide bonds. The van der Waals surface area contributed by atoms with Gasteiger partial charge in [-0.3, -0.25) is 4.79 Å². The Labute approximate surface area is 99.5 Å². The van der Waals surface area contributed by atoms with E-state index in [-0.39, 0.29) is 5.78 Å². The number of ketones is 1. The van der Waals surface area contributed by atoms with Crippen molar-refractivity contribution in [1.82, 2.24) is 0 Å². The standard InChI is InChI=1S/C12H13ClOS/c1-9(2)6-11(14)8-15-12-5-3-4-10(13)7-12/h3-5,7H,1,6,8H2,2H3. The molecule has 0 saturated carbocycles. The van der Waals surface area contributed by atoms with Gasteiger partial charge in [-0.15, -0.1) is 11.8 Å². The maximum atomic E-state index is 11.4. The van der Waals surface area contributed by atoms with Crippen molar-refractivity contribution in [2.45, 2.75) is 18.2 Å². The molecular weight excluding hydrogens is 228 g/mol. The van der Waals surface area contributed by atoms with Gasteiger partial charge in [-0.25, -0.2) is 0 Å². The lowest BCUT2D eigenvalue weighted by molar-refractivity contribution is -0.115. The summed E-state index contributed by atoms with van der Waals surface area (Å²) >= 11 is 7.34. The normalized spacial score (nSPS) is 10.0. The molecule has 0 radical (unpaired) electrons. The van der Waals surface area contributed by atoms with Gasteiger partial charge in [0.15, 0.2) is 0 Å². The van der Waals surface area contributed by atoms with E-state index in [1.807, 2.05) is 31.2 Å². The zero-order valence-corrected chi connectivity index (χ0v) is 10.2. The van der Waals surface area contributed by atoms with Crippen molar-refractivity contribution < 1.29 is 4.79 Å². The van der Waals surface area contributed by atoms with Gasteiger partial charge in [0.25, 0.3) is 0 Å². The molecular formula is C12H13ClOS. The lowest BCUT2D eigenvalue weighted by atomic mass is 10.2. The van der Waals surface area contributed by atoms with E-state index in [1.54, 1.807) is 0 Å². The van der Waals surface area contributed by atoms with Crippen LogP contribution >= 0.6 is 23.4 Å². The summed E-state index contributed by atoms with van der Waals surface area (Å²) in [6.07, 6.45) is 0.466. The van der Waals surface area contributed by atoms with Crippen molar-refractivity contribution in [3.63, 3.8) is 0 Å². The number of benzene rings is 1. The van der Waals surface area contributed by atoms with E-state index in [0.717, 1.165) is 10.5 Å². The fraction of sp³-hybridized carbons (Fsp3) is 0.250. The van der Waals surface area contributed by atoms with Crippen LogP contribution in [-0.2, 0) is 4.79 Å². The lowest BCUT2D eigenvalue weighted by Crippen LogP contribution is -2.00. The molecule has 0 aliphatic carbocycles. The highest BCUT2D eigenvalue weighted by Crippen LogP contribution is 2.22. The summed E-state index contributed by atoms with van der Waals surface area (Å²) < 4.78 is 0. The molecule has 80 valence electrons. The van der Waals surface area contributed by atoms with E-state index >= 15 is 0 Å². The van der Waals surface area contributed by atoms with E-state index in [2.05, 4.69) is 6.58 Å². The maximum Gasteiger partial charge on any atom is 0.147 e. The van der Waals surface area contributed by atoms with Crippen molar-refractivity contribution in [1.29, 1.82) is 0 Å². The molecule has 0 aromatic heterocycles. The molecule has 1 rings (SSSR count). The summed E-state index contributed by atoms with van der Waals surface area (Å²) in [5, 5.41) is 0.701. The van der Waals surface area contributed by atoms with Crippen molar-refractivity contribution >= 4 is 29.1 Å². The Bertz CT molecular complexity index is 374. The first kappa shape index (κ1) is 12.3. The van der Waals surface area contributed by atoms with E-state index in [0.29, 0.717) is 17.2 Å². The van der Waals surface area contributed by atoms with Gasteiger partial charge >= 0.3 is 0 Å².